The lowest BCUT2D eigenvalue weighted by Crippen LogP contribution is -2.15. The van der Waals surface area contributed by atoms with Crippen molar-refractivity contribution in [1.29, 1.82) is 0 Å². The molecule has 5 nitrogen and oxygen atoms in total. The van der Waals surface area contributed by atoms with E-state index < -0.39 is 10.9 Å². The monoisotopic (exact) mass is 207 g/mol. The van der Waals surface area contributed by atoms with E-state index in [1.54, 1.807) is 20.0 Å². The number of nitrogens with zero attached hydrogens (tertiary/aromatic N) is 1. The number of nitro benzene ring substituents is 1. The molecule has 0 unspecified atom stereocenters. The Morgan fingerprint density at radius 1 is 1.60 bits per heavy atom. The zero-order chi connectivity index (χ0) is 11.4. The van der Waals surface area contributed by atoms with Crippen molar-refractivity contribution in [3.8, 4) is 0 Å². The van der Waals surface area contributed by atoms with Crippen LogP contribution < -0.4 is 5.46 Å². The molecule has 0 saturated carbocycles. The van der Waals surface area contributed by atoms with Gasteiger partial charge in [-0.2, -0.15) is 0 Å². The molecular weight excluding hydrogens is 197 g/mol. The Morgan fingerprint density at radius 2 is 2.27 bits per heavy atom. The van der Waals surface area contributed by atoms with Gasteiger partial charge in [0, 0.05) is 13.0 Å². The highest BCUT2D eigenvalue weighted by Gasteiger charge is 2.15. The third kappa shape index (κ3) is 2.80. The maximum absolute atomic E-state index is 10.7. The number of hydrogen-bond acceptors (Lipinski definition) is 4. The molecule has 1 aromatic carbocycles. The second kappa shape index (κ2) is 4.59. The molecule has 0 bridgehead atoms. The van der Waals surface area contributed by atoms with Crippen LogP contribution in [-0.4, -0.2) is 18.7 Å². The summed E-state index contributed by atoms with van der Waals surface area (Å²) >= 11 is 0. The van der Waals surface area contributed by atoms with Gasteiger partial charge in [-0.25, -0.2) is 0 Å². The van der Waals surface area contributed by atoms with Gasteiger partial charge in [-0.05, 0) is 0 Å². The summed E-state index contributed by atoms with van der Waals surface area (Å²) in [6, 6.07) is 4.74. The molecule has 0 aliphatic carbocycles. The van der Waals surface area contributed by atoms with E-state index in [1.807, 2.05) is 0 Å². The Hall–Kier alpha value is -1.85. The molecule has 0 aliphatic heterocycles. The highest BCUT2D eigenvalue weighted by molar-refractivity contribution is 6.33. The van der Waals surface area contributed by atoms with Crippen molar-refractivity contribution in [3.05, 3.63) is 33.9 Å². The number of carbonyl (C=O) groups excluding carboxylic acids is 1. The third-order valence-corrected chi connectivity index (χ3v) is 2.00. The van der Waals surface area contributed by atoms with E-state index in [9.17, 15) is 14.9 Å². The van der Waals surface area contributed by atoms with E-state index in [0.29, 0.717) is 5.56 Å². The molecule has 1 rings (SSSR count). The van der Waals surface area contributed by atoms with Crippen LogP contribution in [0, 0.1) is 10.1 Å². The second-order valence-corrected chi connectivity index (χ2v) is 3.11. The van der Waals surface area contributed by atoms with Crippen LogP contribution in [0.4, 0.5) is 5.69 Å². The third-order valence-electron chi connectivity index (χ3n) is 2.00. The van der Waals surface area contributed by atoms with Crippen molar-refractivity contribution in [1.82, 2.24) is 0 Å². The van der Waals surface area contributed by atoms with Crippen LogP contribution in [0.3, 0.4) is 0 Å². The number of carbonyl (C=O) groups is 1. The molecule has 6 heteroatoms. The quantitative estimate of drug-likeness (QED) is 0.300. The molecule has 0 heterocycles. The van der Waals surface area contributed by atoms with Gasteiger partial charge in [0.1, 0.15) is 14.5 Å². The summed E-state index contributed by atoms with van der Waals surface area (Å²) in [6.07, 6.45) is 0. The lowest BCUT2D eigenvalue weighted by molar-refractivity contribution is -0.385. The average Bonchev–Trinajstić information content (AvgIpc) is 2.15. The number of benzene rings is 1. The smallest absolute Gasteiger partial charge is 0.302 e. The molecule has 0 aliphatic rings. The number of esters is 1. The van der Waals surface area contributed by atoms with E-state index in [2.05, 4.69) is 0 Å². The number of ether oxygens (including phenoxy) is 1. The summed E-state index contributed by atoms with van der Waals surface area (Å²) < 4.78 is 4.76. The fourth-order valence-corrected chi connectivity index (χ4v) is 1.22. The van der Waals surface area contributed by atoms with Crippen molar-refractivity contribution >= 4 is 25.0 Å². The first-order valence-electron chi connectivity index (χ1n) is 4.38. The van der Waals surface area contributed by atoms with Crippen LogP contribution >= 0.6 is 0 Å². The molecule has 0 atom stereocenters. The maximum atomic E-state index is 10.7. The first-order chi connectivity index (χ1) is 7.02. The van der Waals surface area contributed by atoms with E-state index >= 15 is 0 Å². The number of hydrogen-bond donors (Lipinski definition) is 0. The summed E-state index contributed by atoms with van der Waals surface area (Å²) in [5.74, 6) is -0.451. The lowest BCUT2D eigenvalue weighted by Gasteiger charge is -2.06. The van der Waals surface area contributed by atoms with Gasteiger partial charge in [0.25, 0.3) is 5.69 Å². The summed E-state index contributed by atoms with van der Waals surface area (Å²) in [7, 11) is 1.74. The minimum Gasteiger partial charge on any atom is -0.461 e. The van der Waals surface area contributed by atoms with Gasteiger partial charge in [-0.1, -0.05) is 17.6 Å². The van der Waals surface area contributed by atoms with Crippen LogP contribution in [0.2, 0.25) is 0 Å². The number of rotatable bonds is 3. The second-order valence-electron chi connectivity index (χ2n) is 3.11. The zero-order valence-electron chi connectivity index (χ0n) is 8.52. The normalized spacial score (nSPS) is 9.67. The number of nitro groups is 1. The Labute approximate surface area is 87.6 Å². The van der Waals surface area contributed by atoms with Crippen molar-refractivity contribution in [3.63, 3.8) is 0 Å². The molecule has 78 valence electrons. The summed E-state index contributed by atoms with van der Waals surface area (Å²) in [5.41, 5.74) is 1.17. The molecule has 15 heavy (non-hydrogen) atoms. The molecule has 0 saturated heterocycles. The van der Waals surface area contributed by atoms with Crippen molar-refractivity contribution in [2.75, 3.05) is 0 Å². The predicted octanol–water partition coefficient (Wildman–Crippen LogP) is -0.0837. The molecule has 1 aromatic rings. The van der Waals surface area contributed by atoms with E-state index in [0.717, 1.165) is 5.46 Å². The molecule has 0 spiro atoms. The Morgan fingerprint density at radius 3 is 2.80 bits per heavy atom. The van der Waals surface area contributed by atoms with E-state index in [-0.39, 0.29) is 12.3 Å². The molecular formula is C9H10BNO4. The minimum atomic E-state index is -0.480. The SMILES string of the molecule is Bc1cccc([N+](=O)[O-])c1COC(C)=O. The van der Waals surface area contributed by atoms with Crippen molar-refractivity contribution < 1.29 is 14.5 Å². The van der Waals surface area contributed by atoms with Crippen LogP contribution in [0.15, 0.2) is 18.2 Å². The Bertz CT molecular complexity index is 405. The van der Waals surface area contributed by atoms with Gasteiger partial charge in [-0.15, -0.1) is 0 Å². The molecule has 0 aromatic heterocycles. The van der Waals surface area contributed by atoms with Gasteiger partial charge in [0.15, 0.2) is 0 Å². The minimum absolute atomic E-state index is 0.0174. The van der Waals surface area contributed by atoms with Gasteiger partial charge in [-0.3, -0.25) is 14.9 Å². The largest absolute Gasteiger partial charge is 0.461 e. The highest BCUT2D eigenvalue weighted by Crippen LogP contribution is 2.16. The fraction of sp³-hybridized carbons (Fsp3) is 0.222. The van der Waals surface area contributed by atoms with Crippen molar-refractivity contribution in [2.24, 2.45) is 0 Å². The van der Waals surface area contributed by atoms with Crippen LogP contribution in [0.5, 0.6) is 0 Å². The maximum Gasteiger partial charge on any atom is 0.302 e. The summed E-state index contributed by atoms with van der Waals surface area (Å²) in [6.45, 7) is 1.21. The molecule has 0 N–H and O–H groups in total. The van der Waals surface area contributed by atoms with E-state index in [1.165, 1.54) is 13.0 Å². The molecule has 0 amide bonds. The van der Waals surface area contributed by atoms with Gasteiger partial charge >= 0.3 is 5.97 Å². The topological polar surface area (TPSA) is 69.4 Å². The Kier molecular flexibility index (Phi) is 3.44. The average molecular weight is 207 g/mol. The van der Waals surface area contributed by atoms with Gasteiger partial charge < -0.3 is 4.74 Å². The summed E-state index contributed by atoms with van der Waals surface area (Å²) in [4.78, 5) is 20.8. The van der Waals surface area contributed by atoms with E-state index in [4.69, 9.17) is 4.74 Å². The summed E-state index contributed by atoms with van der Waals surface area (Å²) in [5, 5.41) is 10.7. The fourth-order valence-electron chi connectivity index (χ4n) is 1.22. The highest BCUT2D eigenvalue weighted by atomic mass is 16.6. The van der Waals surface area contributed by atoms with Crippen molar-refractivity contribution in [2.45, 2.75) is 13.5 Å². The lowest BCUT2D eigenvalue weighted by atomic mass is 9.90. The van der Waals surface area contributed by atoms with Crippen LogP contribution in [-0.2, 0) is 16.1 Å². The van der Waals surface area contributed by atoms with Gasteiger partial charge in [0.2, 0.25) is 0 Å². The molecule has 0 fully saturated rings. The predicted molar refractivity (Wildman–Crippen MR) is 56.7 cm³/mol. The first kappa shape index (κ1) is 11.2. The standard InChI is InChI=1S/C9H10BNO4/c1-6(12)15-5-7-8(10)3-2-4-9(7)11(13)14/h2-4H,5,10H2,1H3. The molecule has 0 radical (unpaired) electrons. The first-order valence-corrected chi connectivity index (χ1v) is 4.38. The van der Waals surface area contributed by atoms with Crippen LogP contribution in [0.1, 0.15) is 12.5 Å². The zero-order valence-corrected chi connectivity index (χ0v) is 8.52. The van der Waals surface area contributed by atoms with Gasteiger partial charge in [0.05, 0.1) is 10.5 Å². The van der Waals surface area contributed by atoms with Crippen LogP contribution in [0.25, 0.3) is 0 Å². The Balaban J connectivity index is 3.02.